The molecule has 1 aromatic carbocycles. The summed E-state index contributed by atoms with van der Waals surface area (Å²) in [4.78, 5) is 0. The molecule has 42 valence electrons. The molecule has 0 radical (unpaired) electrons. The van der Waals surface area contributed by atoms with E-state index in [0.717, 1.165) is 0 Å². The smallest absolute Gasteiger partial charge is 1.00 e. The summed E-state index contributed by atoms with van der Waals surface area (Å²) in [6.45, 7) is 0. The fraction of sp³-hybridized carbons (Fsp3) is 0. The molecule has 0 fully saturated rings. The van der Waals surface area contributed by atoms with Gasteiger partial charge in [0, 0.05) is 0 Å². The Morgan fingerprint density at radius 1 is 1.22 bits per heavy atom. The van der Waals surface area contributed by atoms with Crippen molar-refractivity contribution in [3.63, 3.8) is 0 Å². The third kappa shape index (κ3) is 2.50. The average Bonchev–Trinajstić information content (AvgIpc) is 1.90. The molecule has 0 saturated heterocycles. The average molecular weight is 129 g/mol. The van der Waals surface area contributed by atoms with Crippen LogP contribution in [0.5, 0.6) is 0 Å². The van der Waals surface area contributed by atoms with Crippen molar-refractivity contribution in [3.05, 3.63) is 35.9 Å². The number of hydrogen-bond acceptors (Lipinski definition) is 1. The Labute approximate surface area is 73.4 Å². The molecule has 0 heterocycles. The van der Waals surface area contributed by atoms with Crippen LogP contribution < -0.4 is 0 Å². The van der Waals surface area contributed by atoms with E-state index in [4.69, 9.17) is 5.26 Å². The molecular formula is C7H7MgN. The Bertz CT molecular complexity index is 207. The second-order valence-corrected chi connectivity index (χ2v) is 1.48. The molecule has 9 heavy (non-hydrogen) atoms. The first-order chi connectivity index (χ1) is 3.93. The van der Waals surface area contributed by atoms with Crippen LogP contribution in [0.15, 0.2) is 30.3 Å². The van der Waals surface area contributed by atoms with Crippen LogP contribution in [0.25, 0.3) is 0 Å². The fourth-order valence-electron chi connectivity index (χ4n) is 0.513. The first kappa shape index (κ1) is 8.48. The van der Waals surface area contributed by atoms with E-state index in [-0.39, 0.29) is 25.9 Å². The summed E-state index contributed by atoms with van der Waals surface area (Å²) in [6, 6.07) is 11.2. The monoisotopic (exact) mass is 129 g/mol. The van der Waals surface area contributed by atoms with Crippen molar-refractivity contribution in [2.45, 2.75) is 0 Å². The van der Waals surface area contributed by atoms with Crippen molar-refractivity contribution < 1.29 is 2.85 Å². The molecule has 0 aromatic heterocycles. The van der Waals surface area contributed by atoms with Crippen molar-refractivity contribution in [2.75, 3.05) is 0 Å². The zero-order valence-electron chi connectivity index (χ0n) is 7.04. The van der Waals surface area contributed by atoms with Gasteiger partial charge in [-0.1, -0.05) is 18.2 Å². The zero-order valence-corrected chi connectivity index (χ0v) is 6.46. The number of benzene rings is 1. The van der Waals surface area contributed by atoms with Gasteiger partial charge in [-0.25, -0.2) is 0 Å². The predicted molar refractivity (Wildman–Crippen MR) is 39.1 cm³/mol. The van der Waals surface area contributed by atoms with Crippen LogP contribution in [0.2, 0.25) is 0 Å². The van der Waals surface area contributed by atoms with Crippen LogP contribution in [-0.4, -0.2) is 23.1 Å². The van der Waals surface area contributed by atoms with E-state index >= 15 is 0 Å². The Kier molecular flexibility index (Phi) is 4.11. The van der Waals surface area contributed by atoms with Crippen molar-refractivity contribution in [2.24, 2.45) is 0 Å². The first-order valence-corrected chi connectivity index (χ1v) is 2.38. The molecule has 0 unspecified atom stereocenters. The second-order valence-electron chi connectivity index (χ2n) is 1.48. The minimum absolute atomic E-state index is 0. The third-order valence-corrected chi connectivity index (χ3v) is 0.903. The van der Waals surface area contributed by atoms with Crippen LogP contribution in [0.1, 0.15) is 8.42 Å². The second kappa shape index (κ2) is 4.36. The van der Waals surface area contributed by atoms with E-state index in [1.54, 1.807) is 12.1 Å². The van der Waals surface area contributed by atoms with Gasteiger partial charge in [-0.15, -0.1) is 0 Å². The van der Waals surface area contributed by atoms with Crippen LogP contribution in [0, 0.1) is 11.3 Å². The topological polar surface area (TPSA) is 23.8 Å². The summed E-state index contributed by atoms with van der Waals surface area (Å²) in [6.07, 6.45) is 0. The quantitative estimate of drug-likeness (QED) is 0.486. The first-order valence-electron chi connectivity index (χ1n) is 2.38. The maximum Gasteiger partial charge on any atom is 2.00 e. The molecule has 0 bridgehead atoms. The van der Waals surface area contributed by atoms with Gasteiger partial charge in [-0.05, 0) is 12.1 Å². The van der Waals surface area contributed by atoms with E-state index < -0.39 is 0 Å². The van der Waals surface area contributed by atoms with Crippen molar-refractivity contribution in [3.8, 4) is 6.07 Å². The van der Waals surface area contributed by atoms with Gasteiger partial charge >= 0.3 is 23.1 Å². The van der Waals surface area contributed by atoms with Crippen molar-refractivity contribution >= 4 is 23.1 Å². The van der Waals surface area contributed by atoms with Gasteiger partial charge in [0.1, 0.15) is 0 Å². The normalized spacial score (nSPS) is 7.00. The third-order valence-electron chi connectivity index (χ3n) is 0.903. The Morgan fingerprint density at radius 2 is 1.78 bits per heavy atom. The summed E-state index contributed by atoms with van der Waals surface area (Å²) in [5.41, 5.74) is 0.715. The maximum atomic E-state index is 8.29. The van der Waals surface area contributed by atoms with Crippen LogP contribution >= 0.6 is 0 Å². The van der Waals surface area contributed by atoms with Gasteiger partial charge in [-0.3, -0.25) is 0 Å². The summed E-state index contributed by atoms with van der Waals surface area (Å²) < 4.78 is 0. The van der Waals surface area contributed by atoms with Gasteiger partial charge in [0.2, 0.25) is 0 Å². The molecule has 0 aliphatic rings. The standard InChI is InChI=1S/C7H5N.Mg.2H/c8-6-7-4-2-1-3-5-7;;;/h1-5H;;;/q;+2;2*-1. The molecule has 0 aliphatic heterocycles. The molecular weight excluding hydrogens is 122 g/mol. The largest absolute Gasteiger partial charge is 2.00 e. The minimum atomic E-state index is 0. The SMILES string of the molecule is N#Cc1ccccc1.[H-].[H-].[Mg+2]. The van der Waals surface area contributed by atoms with E-state index in [1.807, 2.05) is 24.3 Å². The molecule has 1 nitrogen and oxygen atoms in total. The summed E-state index contributed by atoms with van der Waals surface area (Å²) in [5, 5.41) is 8.29. The molecule has 2 heteroatoms. The zero-order chi connectivity index (χ0) is 5.82. The van der Waals surface area contributed by atoms with Crippen molar-refractivity contribution in [1.82, 2.24) is 0 Å². The summed E-state index contributed by atoms with van der Waals surface area (Å²) >= 11 is 0. The van der Waals surface area contributed by atoms with Gasteiger partial charge < -0.3 is 2.85 Å². The van der Waals surface area contributed by atoms with E-state index in [2.05, 4.69) is 0 Å². The van der Waals surface area contributed by atoms with Gasteiger partial charge in [0.15, 0.2) is 0 Å². The molecule has 0 N–H and O–H groups in total. The molecule has 0 amide bonds. The van der Waals surface area contributed by atoms with Crippen LogP contribution in [0.4, 0.5) is 0 Å². The molecule has 0 saturated carbocycles. The van der Waals surface area contributed by atoms with Crippen LogP contribution in [0.3, 0.4) is 0 Å². The Morgan fingerprint density at radius 3 is 2.11 bits per heavy atom. The number of rotatable bonds is 0. The van der Waals surface area contributed by atoms with E-state index in [9.17, 15) is 0 Å². The van der Waals surface area contributed by atoms with Crippen molar-refractivity contribution in [1.29, 1.82) is 5.26 Å². The number of nitriles is 1. The molecule has 0 aliphatic carbocycles. The molecule has 0 atom stereocenters. The van der Waals surface area contributed by atoms with E-state index in [1.165, 1.54) is 0 Å². The number of hydrogen-bond donors (Lipinski definition) is 0. The number of nitrogens with zero attached hydrogens (tertiary/aromatic N) is 1. The van der Waals surface area contributed by atoms with Gasteiger partial charge in [-0.2, -0.15) is 5.26 Å². The minimum Gasteiger partial charge on any atom is -1.00 e. The van der Waals surface area contributed by atoms with Crippen LogP contribution in [-0.2, 0) is 0 Å². The summed E-state index contributed by atoms with van der Waals surface area (Å²) in [5.74, 6) is 0. The Hall–Kier alpha value is -0.524. The summed E-state index contributed by atoms with van der Waals surface area (Å²) in [7, 11) is 0. The fourth-order valence-corrected chi connectivity index (χ4v) is 0.513. The van der Waals surface area contributed by atoms with E-state index in [0.29, 0.717) is 5.56 Å². The predicted octanol–water partition coefficient (Wildman–Crippen LogP) is 1.40. The van der Waals surface area contributed by atoms with Gasteiger partial charge in [0.25, 0.3) is 0 Å². The van der Waals surface area contributed by atoms with Gasteiger partial charge in [0.05, 0.1) is 11.6 Å². The molecule has 1 rings (SSSR count). The molecule has 1 aromatic rings. The maximum absolute atomic E-state index is 8.29. The molecule has 0 spiro atoms. The Balaban J connectivity index is -0.000000213.